The molecule has 1 amide bonds. The van der Waals surface area contributed by atoms with Gasteiger partial charge in [0.25, 0.3) is 5.56 Å². The van der Waals surface area contributed by atoms with Crippen molar-refractivity contribution in [3.05, 3.63) is 62.1 Å². The maximum absolute atomic E-state index is 12.6. The topological polar surface area (TPSA) is 125 Å². The van der Waals surface area contributed by atoms with Crippen molar-refractivity contribution in [1.82, 2.24) is 29.7 Å². The fraction of sp³-hybridized carbons (Fsp3) is 0.455. The first kappa shape index (κ1) is 22.0. The molecule has 4 rings (SSSR count). The van der Waals surface area contributed by atoms with Crippen molar-refractivity contribution < 1.29 is 9.53 Å². The minimum absolute atomic E-state index is 0.0713. The molecule has 0 bridgehead atoms. The molecule has 1 aliphatic heterocycles. The highest BCUT2D eigenvalue weighted by atomic mass is 16.5. The van der Waals surface area contributed by atoms with Crippen molar-refractivity contribution in [2.24, 2.45) is 7.05 Å². The van der Waals surface area contributed by atoms with E-state index in [1.54, 1.807) is 0 Å². The molecule has 1 aliphatic rings. The molecule has 2 aromatic heterocycles. The second kappa shape index (κ2) is 9.49. The molecule has 1 fully saturated rings. The minimum atomic E-state index is -0.524. The van der Waals surface area contributed by atoms with Crippen LogP contribution >= 0.6 is 0 Å². The zero-order valence-electron chi connectivity index (χ0n) is 18.3. The highest BCUT2D eigenvalue weighted by molar-refractivity contribution is 5.76. The summed E-state index contributed by atoms with van der Waals surface area (Å²) in [5.74, 6) is 0.393. The van der Waals surface area contributed by atoms with Gasteiger partial charge in [-0.2, -0.15) is 0 Å². The van der Waals surface area contributed by atoms with Crippen LogP contribution in [0.15, 0.2) is 33.9 Å². The van der Waals surface area contributed by atoms with Crippen LogP contribution in [0.5, 0.6) is 0 Å². The van der Waals surface area contributed by atoms with Gasteiger partial charge in [0, 0.05) is 39.5 Å². The van der Waals surface area contributed by atoms with E-state index in [4.69, 9.17) is 4.74 Å². The predicted octanol–water partition coefficient (Wildman–Crippen LogP) is 0.381. The van der Waals surface area contributed by atoms with Crippen molar-refractivity contribution in [3.63, 3.8) is 0 Å². The van der Waals surface area contributed by atoms with Crippen LogP contribution < -0.4 is 16.6 Å². The summed E-state index contributed by atoms with van der Waals surface area (Å²) in [6.45, 7) is 5.57. The van der Waals surface area contributed by atoms with E-state index in [9.17, 15) is 14.4 Å². The Hall–Kier alpha value is -3.24. The number of hydrogen-bond donors (Lipinski definition) is 3. The largest absolute Gasteiger partial charge is 0.379 e. The predicted molar refractivity (Wildman–Crippen MR) is 120 cm³/mol. The average molecular weight is 441 g/mol. The number of hydrogen-bond acceptors (Lipinski definition) is 6. The number of H-pyrrole nitrogens is 2. The van der Waals surface area contributed by atoms with E-state index in [2.05, 4.69) is 50.3 Å². The molecule has 3 N–H and O–H groups in total. The van der Waals surface area contributed by atoms with E-state index in [-0.39, 0.29) is 29.5 Å². The number of nitrogens with one attached hydrogen (secondary N) is 3. The van der Waals surface area contributed by atoms with Crippen molar-refractivity contribution in [2.45, 2.75) is 25.8 Å². The Morgan fingerprint density at radius 2 is 2.03 bits per heavy atom. The third kappa shape index (κ3) is 4.81. The molecular formula is C22H28N6O4. The van der Waals surface area contributed by atoms with Gasteiger partial charge in [0.15, 0.2) is 5.65 Å². The van der Waals surface area contributed by atoms with Crippen LogP contribution in [0.2, 0.25) is 0 Å². The van der Waals surface area contributed by atoms with Crippen molar-refractivity contribution in [1.29, 1.82) is 0 Å². The number of nitrogens with zero attached hydrogens (tertiary/aromatic N) is 3. The zero-order valence-corrected chi connectivity index (χ0v) is 18.3. The first-order valence-electron chi connectivity index (χ1n) is 10.8. The Balaban J connectivity index is 1.41. The number of ether oxygens (including phenoxy) is 1. The maximum Gasteiger partial charge on any atom is 0.329 e. The van der Waals surface area contributed by atoms with Gasteiger partial charge in [0.2, 0.25) is 5.91 Å². The first-order chi connectivity index (χ1) is 15.4. The first-order valence-corrected chi connectivity index (χ1v) is 10.8. The van der Waals surface area contributed by atoms with Crippen molar-refractivity contribution >= 4 is 17.1 Å². The van der Waals surface area contributed by atoms with Crippen molar-refractivity contribution in [2.75, 3.05) is 32.8 Å². The molecule has 0 saturated carbocycles. The standard InChI is InChI=1S/C22H28N6O4/c1-14-4-3-5-15(12-14)16(28-8-10-32-11-9-28)13-23-18(29)7-6-17-24-19-20(25-17)27(2)22(31)26-21(19)30/h3-5,12,16H,6-11,13H2,1-2H3,(H,23,29)(H,24,25)(H,26,30,31). The Kier molecular flexibility index (Phi) is 6.52. The van der Waals surface area contributed by atoms with Gasteiger partial charge in [-0.05, 0) is 12.5 Å². The van der Waals surface area contributed by atoms with Gasteiger partial charge in [0.05, 0.1) is 19.3 Å². The highest BCUT2D eigenvalue weighted by Gasteiger charge is 2.23. The van der Waals surface area contributed by atoms with Crippen LogP contribution in [0.1, 0.15) is 29.4 Å². The summed E-state index contributed by atoms with van der Waals surface area (Å²) in [5.41, 5.74) is 1.82. The molecule has 1 saturated heterocycles. The molecule has 32 heavy (non-hydrogen) atoms. The SMILES string of the molecule is Cc1cccc(C(CNC(=O)CCc2nc3c([nH]2)c(=O)[nH]c(=O)n3C)N2CCOCC2)c1. The molecule has 0 radical (unpaired) electrons. The number of benzene rings is 1. The van der Waals surface area contributed by atoms with Gasteiger partial charge in [-0.3, -0.25) is 24.0 Å². The lowest BCUT2D eigenvalue weighted by Crippen LogP contribution is -2.43. The molecule has 3 aromatic rings. The Morgan fingerprint density at radius 1 is 1.25 bits per heavy atom. The van der Waals surface area contributed by atoms with Crippen LogP contribution in [0, 0.1) is 6.92 Å². The zero-order chi connectivity index (χ0) is 22.7. The summed E-state index contributed by atoms with van der Waals surface area (Å²) in [5, 5.41) is 3.05. The smallest absolute Gasteiger partial charge is 0.329 e. The van der Waals surface area contributed by atoms with Crippen LogP contribution in [-0.4, -0.2) is 63.2 Å². The molecule has 1 aromatic carbocycles. The summed E-state index contributed by atoms with van der Waals surface area (Å²) in [7, 11) is 1.54. The molecule has 3 heterocycles. The number of carbonyl (C=O) groups is 1. The van der Waals surface area contributed by atoms with E-state index in [0.29, 0.717) is 32.0 Å². The van der Waals surface area contributed by atoms with E-state index in [1.807, 2.05) is 6.07 Å². The normalized spacial score (nSPS) is 15.7. The molecule has 1 unspecified atom stereocenters. The average Bonchev–Trinajstić information content (AvgIpc) is 3.22. The molecule has 10 nitrogen and oxygen atoms in total. The number of morpholine rings is 1. The van der Waals surface area contributed by atoms with Crippen LogP contribution in [-0.2, 0) is 23.0 Å². The summed E-state index contributed by atoms with van der Waals surface area (Å²) in [4.78, 5) is 48.1. The Morgan fingerprint density at radius 3 is 2.78 bits per heavy atom. The third-order valence-corrected chi connectivity index (χ3v) is 5.80. The molecule has 0 aliphatic carbocycles. The van der Waals surface area contributed by atoms with Gasteiger partial charge in [-0.1, -0.05) is 29.8 Å². The summed E-state index contributed by atoms with van der Waals surface area (Å²) in [6.07, 6.45) is 0.552. The number of aromatic amines is 2. The van der Waals surface area contributed by atoms with Gasteiger partial charge >= 0.3 is 5.69 Å². The third-order valence-electron chi connectivity index (χ3n) is 5.80. The van der Waals surface area contributed by atoms with E-state index in [1.165, 1.54) is 22.7 Å². The molecule has 1 atom stereocenters. The summed E-state index contributed by atoms with van der Waals surface area (Å²) in [6, 6.07) is 8.42. The highest BCUT2D eigenvalue weighted by Crippen LogP contribution is 2.22. The lowest BCUT2D eigenvalue weighted by atomic mass is 10.0. The van der Waals surface area contributed by atoms with E-state index >= 15 is 0 Å². The fourth-order valence-electron chi connectivity index (χ4n) is 4.03. The Labute approximate surface area is 184 Å². The summed E-state index contributed by atoms with van der Waals surface area (Å²) >= 11 is 0. The molecular weight excluding hydrogens is 412 g/mol. The van der Waals surface area contributed by atoms with Gasteiger partial charge < -0.3 is 15.0 Å². The number of imidazole rings is 1. The van der Waals surface area contributed by atoms with Crippen molar-refractivity contribution in [3.8, 4) is 0 Å². The van der Waals surface area contributed by atoms with Crippen LogP contribution in [0.25, 0.3) is 11.2 Å². The maximum atomic E-state index is 12.6. The quantitative estimate of drug-likeness (QED) is 0.488. The number of rotatable bonds is 7. The fourth-order valence-corrected chi connectivity index (χ4v) is 4.03. The van der Waals surface area contributed by atoms with Gasteiger partial charge in [0.1, 0.15) is 11.3 Å². The Bertz CT molecular complexity index is 1220. The number of aromatic nitrogens is 4. The lowest BCUT2D eigenvalue weighted by Gasteiger charge is -2.35. The number of amides is 1. The van der Waals surface area contributed by atoms with Gasteiger partial charge in [-0.15, -0.1) is 0 Å². The second-order valence-corrected chi connectivity index (χ2v) is 8.08. The van der Waals surface area contributed by atoms with Gasteiger partial charge in [-0.25, -0.2) is 9.78 Å². The minimum Gasteiger partial charge on any atom is -0.379 e. The van der Waals surface area contributed by atoms with E-state index in [0.717, 1.165) is 13.1 Å². The van der Waals surface area contributed by atoms with E-state index < -0.39 is 11.2 Å². The molecule has 170 valence electrons. The number of fused-ring (bicyclic) bond motifs is 1. The monoisotopic (exact) mass is 440 g/mol. The molecule has 10 heteroatoms. The van der Waals surface area contributed by atoms with Crippen LogP contribution in [0.3, 0.4) is 0 Å². The summed E-state index contributed by atoms with van der Waals surface area (Å²) < 4.78 is 6.76. The van der Waals surface area contributed by atoms with Crippen LogP contribution in [0.4, 0.5) is 0 Å². The number of carbonyl (C=O) groups excluding carboxylic acids is 1. The lowest BCUT2D eigenvalue weighted by molar-refractivity contribution is -0.121. The molecule has 0 spiro atoms. The second-order valence-electron chi connectivity index (χ2n) is 8.08. The number of aryl methyl sites for hydroxylation is 3.